The van der Waals surface area contributed by atoms with Crippen LogP contribution in [-0.4, -0.2) is 162 Å². The van der Waals surface area contributed by atoms with E-state index in [0.29, 0.717) is 24.3 Å². The maximum absolute atomic E-state index is 12.5. The van der Waals surface area contributed by atoms with Gasteiger partial charge in [0, 0.05) is 26.2 Å². The molecular formula is C46H32N4O26. The van der Waals surface area contributed by atoms with E-state index in [9.17, 15) is 107 Å². The topological polar surface area (TPSA) is 502 Å². The van der Waals surface area contributed by atoms with Crippen molar-refractivity contribution in [1.82, 2.24) is 21.3 Å². The Hall–Kier alpha value is -11.2. The molecule has 2 heterocycles. The van der Waals surface area contributed by atoms with Gasteiger partial charge in [0.05, 0.1) is 89.0 Å². The molecule has 12 N–H and O–H groups in total. The lowest BCUT2D eigenvalue weighted by molar-refractivity contribution is 0.0425. The molecule has 0 atom stereocenters. The Morgan fingerprint density at radius 1 is 0.276 bits per heavy atom. The minimum atomic E-state index is -1.73. The first-order valence-electron chi connectivity index (χ1n) is 20.9. The summed E-state index contributed by atoms with van der Waals surface area (Å²) in [4.78, 5) is 188. The number of cyclic esters (lactones) is 4. The maximum atomic E-state index is 12.5. The van der Waals surface area contributed by atoms with Gasteiger partial charge < -0.3 is 71.6 Å². The Morgan fingerprint density at radius 2 is 0.434 bits per heavy atom. The Bertz CT molecular complexity index is 3140. The number of benzene rings is 4. The fourth-order valence-electron chi connectivity index (χ4n) is 6.99. The van der Waals surface area contributed by atoms with E-state index >= 15 is 0 Å². The van der Waals surface area contributed by atoms with Crippen molar-refractivity contribution in [2.75, 3.05) is 26.2 Å². The molecule has 30 heteroatoms. The zero-order valence-corrected chi connectivity index (χ0v) is 37.8. The first kappa shape index (κ1) is 55.7. The van der Waals surface area contributed by atoms with E-state index in [4.69, 9.17) is 10.2 Å². The number of carboxylic acid groups (broad SMARTS) is 8. The van der Waals surface area contributed by atoms with E-state index in [1.54, 1.807) is 0 Å². The quantitative estimate of drug-likeness (QED) is 0.0329. The number of fused-ring (bicyclic) bond motifs is 2. The summed E-state index contributed by atoms with van der Waals surface area (Å²) in [5, 5.41) is 83.4. The van der Waals surface area contributed by atoms with E-state index in [2.05, 4.69) is 30.7 Å². The van der Waals surface area contributed by atoms with Crippen LogP contribution in [-0.2, 0) is 9.47 Å². The standard InChI is InChI=1S/C23H18N2O14.C23H14N2O12/c26-16(8-4-12(20(32)33)14(22(36)37)6-10(8)18(28)29)24-2-1-3-25-17(27)9-5-13(21(34)35)15(23(38)39)7-11(9)19(30)31;26-16(8-4-12-14(6-10(8)18(28)29)22(34)36-20(12)32)24-2-1-3-25-17(27)9-5-13-15(7-11(9)19(30)31)23(35)37-21(13)33/h4-7H,1-3H2,(H,24,26)(H,25,27)(H,28,29)(H,30,31)(H,32,33)(H,34,35)(H,36,37)(H,38,39);4-7H,1-3H2,(H,24,26)(H,25,27)(H,28,29)(H,30,31). The van der Waals surface area contributed by atoms with Crippen LogP contribution in [0.2, 0.25) is 0 Å². The lowest BCUT2D eigenvalue weighted by Gasteiger charge is -2.12. The van der Waals surface area contributed by atoms with Crippen LogP contribution in [0.1, 0.15) is 179 Å². The van der Waals surface area contributed by atoms with E-state index in [0.717, 1.165) is 24.3 Å². The maximum Gasteiger partial charge on any atom is 0.346 e. The molecule has 0 saturated carbocycles. The molecule has 6 rings (SSSR count). The molecule has 0 aromatic heterocycles. The number of aromatic carboxylic acids is 8. The van der Waals surface area contributed by atoms with Crippen molar-refractivity contribution in [3.8, 4) is 0 Å². The molecule has 2 aliphatic rings. The fraction of sp³-hybridized carbons (Fsp3) is 0.130. The summed E-state index contributed by atoms with van der Waals surface area (Å²) < 4.78 is 8.82. The molecule has 0 radical (unpaired) electrons. The van der Waals surface area contributed by atoms with Crippen molar-refractivity contribution in [1.29, 1.82) is 0 Å². The first-order valence-corrected chi connectivity index (χ1v) is 20.9. The molecular weight excluding hydrogens is 1020 g/mol. The van der Waals surface area contributed by atoms with Crippen molar-refractivity contribution in [3.05, 3.63) is 138 Å². The van der Waals surface area contributed by atoms with Gasteiger partial charge in [-0.15, -0.1) is 0 Å². The van der Waals surface area contributed by atoms with Crippen molar-refractivity contribution >= 4 is 95.3 Å². The van der Waals surface area contributed by atoms with Crippen molar-refractivity contribution in [2.45, 2.75) is 12.8 Å². The highest BCUT2D eigenvalue weighted by Crippen LogP contribution is 2.27. The summed E-state index contributed by atoms with van der Waals surface area (Å²) in [6.07, 6.45) is 0.0690. The van der Waals surface area contributed by atoms with Gasteiger partial charge in [-0.2, -0.15) is 0 Å². The Labute approximate surface area is 419 Å². The molecule has 4 amide bonds. The fourth-order valence-corrected chi connectivity index (χ4v) is 6.99. The van der Waals surface area contributed by atoms with Gasteiger partial charge in [0.2, 0.25) is 0 Å². The van der Waals surface area contributed by atoms with E-state index in [1.807, 2.05) is 0 Å². The normalized spacial score (nSPS) is 11.8. The molecule has 4 aromatic rings. The monoisotopic (exact) mass is 1060 g/mol. The number of hydrogen-bond acceptors (Lipinski definition) is 18. The smallest absolute Gasteiger partial charge is 0.346 e. The molecule has 2 aliphatic heterocycles. The number of carboxylic acids is 8. The summed E-state index contributed by atoms with van der Waals surface area (Å²) in [5.41, 5.74) is -9.02. The average molecular weight is 1060 g/mol. The van der Waals surface area contributed by atoms with Crippen LogP contribution in [0.4, 0.5) is 0 Å². The molecule has 0 unspecified atom stereocenters. The average Bonchev–Trinajstić information content (AvgIpc) is 3.81. The first-order chi connectivity index (χ1) is 35.7. The van der Waals surface area contributed by atoms with Gasteiger partial charge in [-0.3, -0.25) is 19.2 Å². The molecule has 0 fully saturated rings. The van der Waals surface area contributed by atoms with E-state index < -0.39 is 151 Å². The number of amides is 4. The second kappa shape index (κ2) is 22.9. The molecule has 0 spiro atoms. The Balaban J connectivity index is 0.000000281. The van der Waals surface area contributed by atoms with Gasteiger partial charge in [0.1, 0.15) is 0 Å². The van der Waals surface area contributed by atoms with Crippen LogP contribution in [0.15, 0.2) is 48.5 Å². The minimum absolute atomic E-state index is 0.0414. The largest absolute Gasteiger partial charge is 0.478 e. The third-order valence-corrected chi connectivity index (χ3v) is 10.6. The number of carbonyl (C=O) groups is 16. The molecule has 0 bridgehead atoms. The van der Waals surface area contributed by atoms with Crippen molar-refractivity contribution < 1.29 is 127 Å². The highest BCUT2D eigenvalue weighted by Gasteiger charge is 2.35. The van der Waals surface area contributed by atoms with Gasteiger partial charge in [-0.25, -0.2) is 57.5 Å². The second-order valence-electron chi connectivity index (χ2n) is 15.3. The lowest BCUT2D eigenvalue weighted by Crippen LogP contribution is -2.32. The van der Waals surface area contributed by atoms with Crippen LogP contribution in [0, 0.1) is 0 Å². The van der Waals surface area contributed by atoms with Crippen molar-refractivity contribution in [2.24, 2.45) is 0 Å². The zero-order valence-electron chi connectivity index (χ0n) is 37.8. The van der Waals surface area contributed by atoms with Crippen LogP contribution >= 0.6 is 0 Å². The summed E-state index contributed by atoms with van der Waals surface area (Å²) in [6.45, 7) is -0.609. The third kappa shape index (κ3) is 12.1. The summed E-state index contributed by atoms with van der Waals surface area (Å²) >= 11 is 0. The second-order valence-corrected chi connectivity index (χ2v) is 15.3. The van der Waals surface area contributed by atoms with Crippen LogP contribution in [0.25, 0.3) is 0 Å². The van der Waals surface area contributed by atoms with Crippen LogP contribution in [0.3, 0.4) is 0 Å². The molecule has 392 valence electrons. The predicted molar refractivity (Wildman–Crippen MR) is 240 cm³/mol. The molecule has 4 aromatic carbocycles. The molecule has 0 aliphatic carbocycles. The predicted octanol–water partition coefficient (Wildman–Crippen LogP) is 0.680. The molecule has 76 heavy (non-hydrogen) atoms. The number of rotatable bonds is 20. The minimum Gasteiger partial charge on any atom is -0.478 e. The summed E-state index contributed by atoms with van der Waals surface area (Å²) in [5.74, 6) is -21.3. The summed E-state index contributed by atoms with van der Waals surface area (Å²) in [6, 6.07) is 5.90. The molecule has 0 saturated heterocycles. The highest BCUT2D eigenvalue weighted by molar-refractivity contribution is 6.19. The van der Waals surface area contributed by atoms with Crippen molar-refractivity contribution in [3.63, 3.8) is 0 Å². The van der Waals surface area contributed by atoms with Gasteiger partial charge in [0.25, 0.3) is 23.6 Å². The third-order valence-electron chi connectivity index (χ3n) is 10.6. The Kier molecular flexibility index (Phi) is 16.8. The van der Waals surface area contributed by atoms with E-state index in [1.165, 1.54) is 0 Å². The number of hydrogen-bond donors (Lipinski definition) is 12. The SMILES string of the molecule is O=C(O)c1cc(C(=O)O)c(C(=O)NCCCNC(=O)c2cc(C(=O)O)c(C(=O)O)cc2C(=O)O)cc1C(=O)O.O=C(O)c1cc2c(cc1C(=O)NCCCNC(=O)c1cc3c(cc1C(=O)O)C(=O)OC3=O)C(=O)OC2=O. The van der Waals surface area contributed by atoms with Gasteiger partial charge >= 0.3 is 71.6 Å². The summed E-state index contributed by atoms with van der Waals surface area (Å²) in [7, 11) is 0. The van der Waals surface area contributed by atoms with Gasteiger partial charge in [-0.05, 0) is 61.4 Å². The highest BCUT2D eigenvalue weighted by atomic mass is 16.6. The van der Waals surface area contributed by atoms with Crippen LogP contribution in [0.5, 0.6) is 0 Å². The van der Waals surface area contributed by atoms with E-state index in [-0.39, 0.29) is 72.4 Å². The van der Waals surface area contributed by atoms with Gasteiger partial charge in [-0.1, -0.05) is 0 Å². The zero-order chi connectivity index (χ0) is 56.6. The Morgan fingerprint density at radius 3 is 0.645 bits per heavy atom. The molecule has 30 nitrogen and oxygen atoms in total. The lowest BCUT2D eigenvalue weighted by atomic mass is 9.97. The number of carbonyl (C=O) groups excluding carboxylic acids is 8. The number of nitrogens with one attached hydrogen (secondary N) is 4. The van der Waals surface area contributed by atoms with Gasteiger partial charge in [0.15, 0.2) is 0 Å². The number of ether oxygens (including phenoxy) is 2. The number of esters is 4. The van der Waals surface area contributed by atoms with Crippen LogP contribution < -0.4 is 21.3 Å².